The van der Waals surface area contributed by atoms with Crippen LogP contribution in [0.4, 0.5) is 0 Å². The van der Waals surface area contributed by atoms with Gasteiger partial charge in [-0.2, -0.15) is 0 Å². The summed E-state index contributed by atoms with van der Waals surface area (Å²) < 4.78 is 5.10. The van der Waals surface area contributed by atoms with E-state index in [4.69, 9.17) is 16.3 Å². The molecule has 0 radical (unpaired) electrons. The number of alkyl halides is 1. The molecule has 3 nitrogen and oxygen atoms in total. The Hall–Kier alpha value is -0.280. The van der Waals surface area contributed by atoms with E-state index in [9.17, 15) is 4.79 Å². The molecule has 12 heavy (non-hydrogen) atoms. The fourth-order valence-electron chi connectivity index (χ4n) is 1.43. The van der Waals surface area contributed by atoms with Crippen LogP contribution in [0.1, 0.15) is 12.8 Å². The number of rotatable bonds is 2. The Balaban J connectivity index is 2.27. The van der Waals surface area contributed by atoms with Crippen LogP contribution in [0.15, 0.2) is 0 Å². The molecule has 70 valence electrons. The van der Waals surface area contributed by atoms with Gasteiger partial charge in [0.2, 0.25) is 0 Å². The normalized spacial score (nSPS) is 25.3. The fraction of sp³-hybridized carbons (Fsp3) is 0.875. The SMILES string of the molecule is CN1CCC[C@@H](OC(=O)CCl)C1. The Morgan fingerprint density at radius 1 is 1.75 bits per heavy atom. The Morgan fingerprint density at radius 2 is 2.50 bits per heavy atom. The van der Waals surface area contributed by atoms with Crippen molar-refractivity contribution in [3.05, 3.63) is 0 Å². The second-order valence-electron chi connectivity index (χ2n) is 3.15. The summed E-state index contributed by atoms with van der Waals surface area (Å²) >= 11 is 5.32. The molecule has 1 aliphatic rings. The maximum Gasteiger partial charge on any atom is 0.321 e. The van der Waals surface area contributed by atoms with Crippen molar-refractivity contribution in [2.45, 2.75) is 18.9 Å². The highest BCUT2D eigenvalue weighted by molar-refractivity contribution is 6.26. The van der Waals surface area contributed by atoms with Gasteiger partial charge < -0.3 is 9.64 Å². The Morgan fingerprint density at radius 3 is 3.08 bits per heavy atom. The summed E-state index contributed by atoms with van der Waals surface area (Å²) in [4.78, 5) is 13.0. The summed E-state index contributed by atoms with van der Waals surface area (Å²) in [5.41, 5.74) is 0. The third-order valence-electron chi connectivity index (χ3n) is 1.99. The lowest BCUT2D eigenvalue weighted by Gasteiger charge is -2.28. The Bertz CT molecular complexity index is 163. The van der Waals surface area contributed by atoms with Crippen molar-refractivity contribution in [2.75, 3.05) is 26.0 Å². The monoisotopic (exact) mass is 191 g/mol. The molecular formula is C8H14ClNO2. The van der Waals surface area contributed by atoms with Crippen molar-refractivity contribution in [3.63, 3.8) is 0 Å². The van der Waals surface area contributed by atoms with E-state index in [0.717, 1.165) is 25.9 Å². The standard InChI is InChI=1S/C8H14ClNO2/c1-10-4-2-3-7(6-10)12-8(11)5-9/h7H,2-6H2,1H3/t7-/m1/s1. The number of likely N-dealkylation sites (N-methyl/N-ethyl adjacent to an activating group) is 1. The second kappa shape index (κ2) is 4.67. The molecule has 0 N–H and O–H groups in total. The summed E-state index contributed by atoms with van der Waals surface area (Å²) in [6.07, 6.45) is 2.11. The van der Waals surface area contributed by atoms with Gasteiger partial charge in [-0.15, -0.1) is 11.6 Å². The number of esters is 1. The minimum absolute atomic E-state index is 0.0415. The van der Waals surface area contributed by atoms with Crippen LogP contribution >= 0.6 is 11.6 Å². The van der Waals surface area contributed by atoms with Gasteiger partial charge in [0.15, 0.2) is 0 Å². The van der Waals surface area contributed by atoms with Crippen molar-refractivity contribution in [1.82, 2.24) is 4.90 Å². The molecule has 1 atom stereocenters. The molecule has 0 saturated carbocycles. The molecule has 1 aliphatic heterocycles. The number of nitrogens with zero attached hydrogens (tertiary/aromatic N) is 1. The van der Waals surface area contributed by atoms with Crippen LogP contribution in [-0.2, 0) is 9.53 Å². The van der Waals surface area contributed by atoms with E-state index in [2.05, 4.69) is 4.90 Å². The number of halogens is 1. The van der Waals surface area contributed by atoms with Crippen LogP contribution in [0.2, 0.25) is 0 Å². The molecule has 1 rings (SSSR count). The highest BCUT2D eigenvalue weighted by atomic mass is 35.5. The summed E-state index contributed by atoms with van der Waals surface area (Å²) in [7, 11) is 2.03. The van der Waals surface area contributed by atoms with Crippen LogP contribution < -0.4 is 0 Å². The molecule has 1 saturated heterocycles. The molecule has 4 heteroatoms. The first kappa shape index (κ1) is 9.81. The number of carbonyl (C=O) groups excluding carboxylic acids is 1. The third kappa shape index (κ3) is 2.99. The zero-order valence-corrected chi connectivity index (χ0v) is 8.01. The summed E-state index contributed by atoms with van der Waals surface area (Å²) in [5.74, 6) is -0.350. The lowest BCUT2D eigenvalue weighted by atomic mass is 10.1. The average Bonchev–Trinajstić information content (AvgIpc) is 2.04. The largest absolute Gasteiger partial charge is 0.460 e. The number of piperidine rings is 1. The predicted molar refractivity (Wildman–Crippen MR) is 47.3 cm³/mol. The van der Waals surface area contributed by atoms with Crippen molar-refractivity contribution < 1.29 is 9.53 Å². The number of carbonyl (C=O) groups is 1. The minimum atomic E-state index is -0.308. The van der Waals surface area contributed by atoms with Crippen LogP contribution in [0, 0.1) is 0 Å². The van der Waals surface area contributed by atoms with Gasteiger partial charge in [0.1, 0.15) is 12.0 Å². The van der Waals surface area contributed by atoms with E-state index < -0.39 is 0 Å². The molecule has 1 fully saturated rings. The molecule has 0 bridgehead atoms. The lowest BCUT2D eigenvalue weighted by molar-refractivity contribution is -0.148. The Labute approximate surface area is 77.6 Å². The van der Waals surface area contributed by atoms with Crippen molar-refractivity contribution in [1.29, 1.82) is 0 Å². The molecule has 0 aromatic heterocycles. The highest BCUT2D eigenvalue weighted by Gasteiger charge is 2.19. The van der Waals surface area contributed by atoms with Gasteiger partial charge in [0, 0.05) is 6.54 Å². The van der Waals surface area contributed by atoms with Gasteiger partial charge in [-0.05, 0) is 26.4 Å². The van der Waals surface area contributed by atoms with Gasteiger partial charge in [0.25, 0.3) is 0 Å². The quantitative estimate of drug-likeness (QED) is 0.479. The third-order valence-corrected chi connectivity index (χ3v) is 2.21. The average molecular weight is 192 g/mol. The smallest absolute Gasteiger partial charge is 0.321 e. The molecule has 0 spiro atoms. The molecule has 0 aromatic carbocycles. The van der Waals surface area contributed by atoms with Gasteiger partial charge >= 0.3 is 5.97 Å². The maximum absolute atomic E-state index is 10.8. The first-order valence-corrected chi connectivity index (χ1v) is 4.70. The van der Waals surface area contributed by atoms with Gasteiger partial charge in [-0.3, -0.25) is 4.79 Å². The van der Waals surface area contributed by atoms with Gasteiger partial charge in [0.05, 0.1) is 0 Å². The Kier molecular flexibility index (Phi) is 3.82. The van der Waals surface area contributed by atoms with E-state index >= 15 is 0 Å². The molecule has 0 amide bonds. The van der Waals surface area contributed by atoms with Gasteiger partial charge in [-0.25, -0.2) is 0 Å². The maximum atomic E-state index is 10.8. The molecule has 0 unspecified atom stereocenters. The first-order valence-electron chi connectivity index (χ1n) is 4.16. The van der Waals surface area contributed by atoms with Crippen molar-refractivity contribution >= 4 is 17.6 Å². The second-order valence-corrected chi connectivity index (χ2v) is 3.42. The van der Waals surface area contributed by atoms with Crippen molar-refractivity contribution in [3.8, 4) is 0 Å². The van der Waals surface area contributed by atoms with Crippen LogP contribution in [0.3, 0.4) is 0 Å². The van der Waals surface area contributed by atoms with E-state index in [-0.39, 0.29) is 18.0 Å². The van der Waals surface area contributed by atoms with E-state index in [1.165, 1.54) is 0 Å². The predicted octanol–water partition coefficient (Wildman–Crippen LogP) is 0.863. The van der Waals surface area contributed by atoms with Crippen LogP contribution in [0.5, 0.6) is 0 Å². The fourth-order valence-corrected chi connectivity index (χ4v) is 1.50. The van der Waals surface area contributed by atoms with Crippen molar-refractivity contribution in [2.24, 2.45) is 0 Å². The number of hydrogen-bond donors (Lipinski definition) is 0. The molecule has 0 aromatic rings. The summed E-state index contributed by atoms with van der Waals surface area (Å²) in [6, 6.07) is 0. The van der Waals surface area contributed by atoms with Crippen LogP contribution in [0.25, 0.3) is 0 Å². The van der Waals surface area contributed by atoms with Crippen LogP contribution in [-0.4, -0.2) is 43.0 Å². The minimum Gasteiger partial charge on any atom is -0.460 e. The zero-order chi connectivity index (χ0) is 8.97. The summed E-state index contributed by atoms with van der Waals surface area (Å²) in [5, 5.41) is 0. The zero-order valence-electron chi connectivity index (χ0n) is 7.25. The number of hydrogen-bond acceptors (Lipinski definition) is 3. The summed E-state index contributed by atoms with van der Waals surface area (Å²) in [6.45, 7) is 1.93. The van der Waals surface area contributed by atoms with E-state index in [1.54, 1.807) is 0 Å². The van der Waals surface area contributed by atoms with Gasteiger partial charge in [-0.1, -0.05) is 0 Å². The first-order chi connectivity index (χ1) is 5.72. The van der Waals surface area contributed by atoms with E-state index in [1.807, 2.05) is 7.05 Å². The highest BCUT2D eigenvalue weighted by Crippen LogP contribution is 2.11. The molecule has 0 aliphatic carbocycles. The molecular weight excluding hydrogens is 178 g/mol. The topological polar surface area (TPSA) is 29.5 Å². The van der Waals surface area contributed by atoms with E-state index in [0.29, 0.717) is 0 Å². The number of likely N-dealkylation sites (tertiary alicyclic amines) is 1. The molecule has 1 heterocycles. The number of ether oxygens (including phenoxy) is 1. The lowest BCUT2D eigenvalue weighted by Crippen LogP contribution is -2.38.